The van der Waals surface area contributed by atoms with E-state index in [4.69, 9.17) is 9.47 Å². The Labute approximate surface area is 164 Å². The van der Waals surface area contributed by atoms with Crippen LogP contribution in [0.2, 0.25) is 0 Å². The Morgan fingerprint density at radius 1 is 1.04 bits per heavy atom. The molecule has 0 saturated carbocycles. The number of amides is 2. The largest absolute Gasteiger partial charge is 0.493 e. The summed E-state index contributed by atoms with van der Waals surface area (Å²) in [7, 11) is 3.02. The molecule has 2 N–H and O–H groups in total. The molecule has 0 aliphatic rings. The average molecular weight is 383 g/mol. The average Bonchev–Trinajstić information content (AvgIpc) is 2.71. The lowest BCUT2D eigenvalue weighted by molar-refractivity contribution is -0.115. The lowest BCUT2D eigenvalue weighted by atomic mass is 10.1. The van der Waals surface area contributed by atoms with E-state index in [1.807, 2.05) is 31.2 Å². The summed E-state index contributed by atoms with van der Waals surface area (Å²) in [6.45, 7) is 3.71. The summed E-state index contributed by atoms with van der Waals surface area (Å²) >= 11 is 0. The maximum atomic E-state index is 12.3. The highest BCUT2D eigenvalue weighted by Gasteiger charge is 2.11. The first kappa shape index (κ1) is 21.0. The fourth-order valence-electron chi connectivity index (χ4n) is 2.61. The Balaban J connectivity index is 1.96. The van der Waals surface area contributed by atoms with E-state index in [-0.39, 0.29) is 12.3 Å². The van der Waals surface area contributed by atoms with Gasteiger partial charge in [0.15, 0.2) is 11.5 Å². The number of methoxy groups -OCH3 is 2. The minimum absolute atomic E-state index is 0.0737. The quantitative estimate of drug-likeness (QED) is 0.540. The smallest absolute Gasteiger partial charge is 0.271 e. The molecular formula is C21H25N3O4. The van der Waals surface area contributed by atoms with E-state index in [0.717, 1.165) is 17.7 Å². The van der Waals surface area contributed by atoms with Crippen molar-refractivity contribution in [2.45, 2.75) is 26.7 Å². The standard InChI is InChI=1S/C21H25N3O4/c1-5-15-8-6-7-9-17(15)22-20(25)12-14(2)23-24-21(26)16-10-11-18(27-3)19(13-16)28-4/h6-11,13H,5,12H2,1-4H3,(H,22,25)(H,24,26)/b23-14+. The lowest BCUT2D eigenvalue weighted by Crippen LogP contribution is -2.21. The summed E-state index contributed by atoms with van der Waals surface area (Å²) < 4.78 is 10.3. The van der Waals surface area contributed by atoms with Gasteiger partial charge in [0.1, 0.15) is 0 Å². The first-order chi connectivity index (χ1) is 13.5. The van der Waals surface area contributed by atoms with Crippen molar-refractivity contribution in [1.29, 1.82) is 0 Å². The van der Waals surface area contributed by atoms with Gasteiger partial charge in [-0.1, -0.05) is 25.1 Å². The van der Waals surface area contributed by atoms with Crippen LogP contribution in [0.4, 0.5) is 5.69 Å². The molecule has 2 rings (SSSR count). The molecular weight excluding hydrogens is 358 g/mol. The molecule has 0 bridgehead atoms. The molecule has 0 saturated heterocycles. The van der Waals surface area contributed by atoms with E-state index < -0.39 is 5.91 Å². The normalized spacial score (nSPS) is 10.9. The fraction of sp³-hybridized carbons (Fsp3) is 0.286. The number of ether oxygens (including phenoxy) is 2. The Kier molecular flexibility index (Phi) is 7.56. The summed E-state index contributed by atoms with van der Waals surface area (Å²) in [6.07, 6.45) is 0.898. The van der Waals surface area contributed by atoms with Crippen LogP contribution in [0.3, 0.4) is 0 Å². The minimum Gasteiger partial charge on any atom is -0.493 e. The fourth-order valence-corrected chi connectivity index (χ4v) is 2.61. The number of hydrogen-bond donors (Lipinski definition) is 2. The van der Waals surface area contributed by atoms with Gasteiger partial charge in [-0.25, -0.2) is 5.43 Å². The number of hydrogen-bond acceptors (Lipinski definition) is 5. The Bertz CT molecular complexity index is 878. The van der Waals surface area contributed by atoms with Gasteiger partial charge in [-0.3, -0.25) is 9.59 Å². The van der Waals surface area contributed by atoms with Gasteiger partial charge in [0.05, 0.1) is 20.6 Å². The van der Waals surface area contributed by atoms with Crippen LogP contribution < -0.4 is 20.2 Å². The number of anilines is 1. The van der Waals surface area contributed by atoms with Gasteiger partial charge in [0.25, 0.3) is 5.91 Å². The van der Waals surface area contributed by atoms with Crippen molar-refractivity contribution in [2.24, 2.45) is 5.10 Å². The van der Waals surface area contributed by atoms with E-state index in [2.05, 4.69) is 15.8 Å². The molecule has 7 nitrogen and oxygen atoms in total. The maximum Gasteiger partial charge on any atom is 0.271 e. The van der Waals surface area contributed by atoms with Gasteiger partial charge in [0, 0.05) is 17.0 Å². The predicted molar refractivity (Wildman–Crippen MR) is 109 cm³/mol. The summed E-state index contributed by atoms with van der Waals surface area (Å²) in [5.74, 6) is 0.382. The van der Waals surface area contributed by atoms with E-state index in [9.17, 15) is 9.59 Å². The molecule has 0 atom stereocenters. The molecule has 0 heterocycles. The molecule has 2 amide bonds. The summed E-state index contributed by atoms with van der Waals surface area (Å²) in [6, 6.07) is 12.5. The van der Waals surface area contributed by atoms with Crippen LogP contribution in [-0.4, -0.2) is 31.7 Å². The second kappa shape index (κ2) is 10.1. The Morgan fingerprint density at radius 2 is 1.75 bits per heavy atom. The number of benzene rings is 2. The van der Waals surface area contributed by atoms with Crippen molar-refractivity contribution < 1.29 is 19.1 Å². The highest BCUT2D eigenvalue weighted by atomic mass is 16.5. The van der Waals surface area contributed by atoms with Crippen LogP contribution in [-0.2, 0) is 11.2 Å². The van der Waals surface area contributed by atoms with E-state index >= 15 is 0 Å². The third-order valence-electron chi connectivity index (χ3n) is 4.08. The monoisotopic (exact) mass is 383 g/mol. The molecule has 28 heavy (non-hydrogen) atoms. The van der Waals surface area contributed by atoms with Crippen LogP contribution in [0.15, 0.2) is 47.6 Å². The van der Waals surface area contributed by atoms with Gasteiger partial charge < -0.3 is 14.8 Å². The molecule has 7 heteroatoms. The molecule has 0 fully saturated rings. The van der Waals surface area contributed by atoms with Crippen molar-refractivity contribution in [1.82, 2.24) is 5.43 Å². The van der Waals surface area contributed by atoms with Crippen LogP contribution >= 0.6 is 0 Å². The first-order valence-corrected chi connectivity index (χ1v) is 8.91. The molecule has 2 aromatic carbocycles. The van der Waals surface area contributed by atoms with Gasteiger partial charge >= 0.3 is 0 Å². The van der Waals surface area contributed by atoms with Crippen LogP contribution in [0.1, 0.15) is 36.2 Å². The predicted octanol–water partition coefficient (Wildman–Crippen LogP) is 3.40. The van der Waals surface area contributed by atoms with Crippen molar-refractivity contribution in [2.75, 3.05) is 19.5 Å². The summed E-state index contributed by atoms with van der Waals surface area (Å²) in [5, 5.41) is 6.88. The van der Waals surface area contributed by atoms with Crippen molar-refractivity contribution in [3.05, 3.63) is 53.6 Å². The zero-order valence-corrected chi connectivity index (χ0v) is 16.5. The SMILES string of the molecule is CCc1ccccc1NC(=O)C/C(C)=N/NC(=O)c1ccc(OC)c(OC)c1. The molecule has 0 aromatic heterocycles. The van der Waals surface area contributed by atoms with E-state index in [1.54, 1.807) is 25.1 Å². The number of nitrogens with one attached hydrogen (secondary N) is 2. The molecule has 0 spiro atoms. The summed E-state index contributed by atoms with van der Waals surface area (Å²) in [4.78, 5) is 24.5. The second-order valence-corrected chi connectivity index (χ2v) is 6.09. The van der Waals surface area contributed by atoms with Crippen molar-refractivity contribution >= 4 is 23.2 Å². The van der Waals surface area contributed by atoms with Crippen LogP contribution in [0, 0.1) is 0 Å². The van der Waals surface area contributed by atoms with Gasteiger partial charge in [0.2, 0.25) is 5.91 Å². The van der Waals surface area contributed by atoms with Gasteiger partial charge in [-0.2, -0.15) is 5.10 Å². The van der Waals surface area contributed by atoms with E-state index in [0.29, 0.717) is 22.8 Å². The van der Waals surface area contributed by atoms with Crippen molar-refractivity contribution in [3.63, 3.8) is 0 Å². The molecule has 0 unspecified atom stereocenters. The van der Waals surface area contributed by atoms with E-state index in [1.165, 1.54) is 14.2 Å². The number of nitrogens with zero attached hydrogens (tertiary/aromatic N) is 1. The van der Waals surface area contributed by atoms with Gasteiger partial charge in [-0.05, 0) is 43.2 Å². The number of rotatable bonds is 8. The zero-order valence-electron chi connectivity index (χ0n) is 16.5. The highest BCUT2D eigenvalue weighted by Crippen LogP contribution is 2.27. The summed E-state index contributed by atoms with van der Waals surface area (Å²) in [5.41, 5.74) is 5.16. The number of hydrazone groups is 1. The van der Waals surface area contributed by atoms with Crippen LogP contribution in [0.5, 0.6) is 11.5 Å². The maximum absolute atomic E-state index is 12.3. The van der Waals surface area contributed by atoms with Crippen LogP contribution in [0.25, 0.3) is 0 Å². The molecule has 0 radical (unpaired) electrons. The Morgan fingerprint density at radius 3 is 2.43 bits per heavy atom. The lowest BCUT2D eigenvalue weighted by Gasteiger charge is -2.10. The van der Waals surface area contributed by atoms with Crippen molar-refractivity contribution in [3.8, 4) is 11.5 Å². The number of para-hydroxylation sites is 1. The number of carbonyl (C=O) groups excluding carboxylic acids is 2. The molecule has 2 aromatic rings. The zero-order chi connectivity index (χ0) is 20.5. The Hall–Kier alpha value is -3.35. The highest BCUT2D eigenvalue weighted by molar-refractivity contribution is 6.06. The topological polar surface area (TPSA) is 89.0 Å². The molecule has 0 aliphatic heterocycles. The third-order valence-corrected chi connectivity index (χ3v) is 4.08. The first-order valence-electron chi connectivity index (χ1n) is 8.91. The second-order valence-electron chi connectivity index (χ2n) is 6.09. The minimum atomic E-state index is -0.406. The van der Waals surface area contributed by atoms with Gasteiger partial charge in [-0.15, -0.1) is 0 Å². The molecule has 148 valence electrons. The molecule has 0 aliphatic carbocycles. The third kappa shape index (κ3) is 5.57. The number of carbonyl (C=O) groups is 2. The number of aryl methyl sites for hydroxylation is 1.